The first-order chi connectivity index (χ1) is 5.97. The van der Waals surface area contributed by atoms with Crippen LogP contribution in [0.15, 0.2) is 11.1 Å². The number of carbonyl (C=O) groups is 2. The standard InChI is InChI=1S/C6H10N2O4S/c1-4(9)3-5(13(11)12)8-6(10)7-2/h3H,1-2H3,(H,11,12)(H2,7,8,10)/p-1. The number of amides is 2. The molecule has 2 amide bonds. The Balaban J connectivity index is 4.54. The zero-order valence-electron chi connectivity index (χ0n) is 7.12. The Morgan fingerprint density at radius 3 is 2.31 bits per heavy atom. The number of carbonyl (C=O) groups excluding carboxylic acids is 2. The summed E-state index contributed by atoms with van der Waals surface area (Å²) in [6.07, 6.45) is 0.818. The Bertz CT molecular complexity index is 274. The molecule has 0 radical (unpaired) electrons. The maximum absolute atomic E-state index is 10.7. The second-order valence-corrected chi connectivity index (χ2v) is 2.97. The molecule has 0 saturated heterocycles. The molecule has 0 heterocycles. The van der Waals surface area contributed by atoms with E-state index in [2.05, 4.69) is 5.32 Å². The van der Waals surface area contributed by atoms with Crippen LogP contribution in [0, 0.1) is 0 Å². The Kier molecular flexibility index (Phi) is 4.93. The Labute approximate surface area is 77.7 Å². The van der Waals surface area contributed by atoms with Gasteiger partial charge in [-0.15, -0.1) is 0 Å². The third-order valence-electron chi connectivity index (χ3n) is 0.978. The van der Waals surface area contributed by atoms with Crippen LogP contribution in [0.25, 0.3) is 0 Å². The summed E-state index contributed by atoms with van der Waals surface area (Å²) < 4.78 is 20.8. The van der Waals surface area contributed by atoms with Crippen molar-refractivity contribution >= 4 is 22.9 Å². The van der Waals surface area contributed by atoms with Gasteiger partial charge in [-0.25, -0.2) is 4.79 Å². The van der Waals surface area contributed by atoms with Crippen molar-refractivity contribution in [2.45, 2.75) is 6.92 Å². The Morgan fingerprint density at radius 1 is 1.46 bits per heavy atom. The number of allylic oxidation sites excluding steroid dienone is 1. The molecule has 7 heteroatoms. The molecule has 2 N–H and O–H groups in total. The van der Waals surface area contributed by atoms with Crippen molar-refractivity contribution in [1.82, 2.24) is 10.6 Å². The first-order valence-corrected chi connectivity index (χ1v) is 4.35. The van der Waals surface area contributed by atoms with Gasteiger partial charge < -0.3 is 15.2 Å². The predicted octanol–water partition coefficient (Wildman–Crippen LogP) is -0.775. The normalized spacial score (nSPS) is 13.3. The number of hydrogen-bond donors (Lipinski definition) is 2. The van der Waals surface area contributed by atoms with Crippen LogP contribution in [0.5, 0.6) is 0 Å². The van der Waals surface area contributed by atoms with Crippen LogP contribution in [0.4, 0.5) is 4.79 Å². The minimum absolute atomic E-state index is 0.452. The van der Waals surface area contributed by atoms with E-state index in [1.807, 2.05) is 5.32 Å². The average molecular weight is 205 g/mol. The lowest BCUT2D eigenvalue weighted by Crippen LogP contribution is -2.33. The third-order valence-corrected chi connectivity index (χ3v) is 1.56. The third kappa shape index (κ3) is 5.10. The van der Waals surface area contributed by atoms with Crippen LogP contribution in [-0.2, 0) is 15.9 Å². The molecule has 1 atom stereocenters. The smallest absolute Gasteiger partial charge is 0.319 e. The zero-order chi connectivity index (χ0) is 10.4. The molecule has 74 valence electrons. The van der Waals surface area contributed by atoms with Crippen LogP contribution in [0.3, 0.4) is 0 Å². The van der Waals surface area contributed by atoms with E-state index >= 15 is 0 Å². The van der Waals surface area contributed by atoms with Gasteiger partial charge in [-0.05, 0) is 18.0 Å². The van der Waals surface area contributed by atoms with E-state index in [4.69, 9.17) is 0 Å². The molecule has 0 aliphatic heterocycles. The molecular weight excluding hydrogens is 196 g/mol. The summed E-state index contributed by atoms with van der Waals surface area (Å²) in [5.41, 5.74) is 0. The SMILES string of the molecule is CNC(=O)NC(=CC(C)=O)S(=O)[O-]. The van der Waals surface area contributed by atoms with Gasteiger partial charge >= 0.3 is 6.03 Å². The van der Waals surface area contributed by atoms with Gasteiger partial charge in [0.15, 0.2) is 5.78 Å². The van der Waals surface area contributed by atoms with Crippen LogP contribution in [-0.4, -0.2) is 27.6 Å². The van der Waals surface area contributed by atoms with E-state index in [-0.39, 0.29) is 0 Å². The molecule has 0 saturated carbocycles. The quantitative estimate of drug-likeness (QED) is 0.466. The first kappa shape index (κ1) is 11.8. The highest BCUT2D eigenvalue weighted by atomic mass is 32.2. The summed E-state index contributed by atoms with van der Waals surface area (Å²) >= 11 is -2.63. The summed E-state index contributed by atoms with van der Waals surface area (Å²) in [4.78, 5) is 21.2. The fraction of sp³-hybridized carbons (Fsp3) is 0.333. The van der Waals surface area contributed by atoms with Crippen molar-refractivity contribution in [2.75, 3.05) is 7.05 Å². The van der Waals surface area contributed by atoms with Crippen molar-refractivity contribution in [3.05, 3.63) is 11.1 Å². The van der Waals surface area contributed by atoms with Gasteiger partial charge in [-0.2, -0.15) is 0 Å². The van der Waals surface area contributed by atoms with Crippen molar-refractivity contribution in [3.63, 3.8) is 0 Å². The van der Waals surface area contributed by atoms with E-state index in [1.54, 1.807) is 0 Å². The Morgan fingerprint density at radius 2 is 2.00 bits per heavy atom. The molecule has 0 bridgehead atoms. The molecule has 0 aromatic rings. The lowest BCUT2D eigenvalue weighted by molar-refractivity contribution is -0.112. The van der Waals surface area contributed by atoms with Crippen LogP contribution >= 0.6 is 0 Å². The number of ketones is 1. The molecule has 13 heavy (non-hydrogen) atoms. The minimum atomic E-state index is -2.63. The van der Waals surface area contributed by atoms with E-state index in [0.29, 0.717) is 0 Å². The van der Waals surface area contributed by atoms with Crippen molar-refractivity contribution in [1.29, 1.82) is 0 Å². The topological polar surface area (TPSA) is 98.3 Å². The molecule has 0 aromatic heterocycles. The minimum Gasteiger partial charge on any atom is -0.767 e. The van der Waals surface area contributed by atoms with Crippen LogP contribution in [0.1, 0.15) is 6.92 Å². The highest BCUT2D eigenvalue weighted by Crippen LogP contribution is 1.94. The fourth-order valence-electron chi connectivity index (χ4n) is 0.485. The molecule has 0 fully saturated rings. The number of urea groups is 1. The molecule has 0 spiro atoms. The first-order valence-electron chi connectivity index (χ1n) is 3.27. The maximum atomic E-state index is 10.7. The van der Waals surface area contributed by atoms with E-state index < -0.39 is 27.9 Å². The van der Waals surface area contributed by atoms with Gasteiger partial charge in [0.25, 0.3) is 0 Å². The summed E-state index contributed by atoms with van der Waals surface area (Å²) in [6, 6.07) is -0.698. The highest BCUT2D eigenvalue weighted by Gasteiger charge is 2.03. The molecule has 0 aliphatic carbocycles. The van der Waals surface area contributed by atoms with Crippen molar-refractivity contribution in [3.8, 4) is 0 Å². The number of hydrogen-bond acceptors (Lipinski definition) is 4. The monoisotopic (exact) mass is 205 g/mol. The summed E-state index contributed by atoms with van der Waals surface area (Å²) in [7, 11) is 1.33. The molecule has 6 nitrogen and oxygen atoms in total. The van der Waals surface area contributed by atoms with Gasteiger partial charge in [-0.1, -0.05) is 0 Å². The lowest BCUT2D eigenvalue weighted by Gasteiger charge is -2.10. The zero-order valence-corrected chi connectivity index (χ0v) is 7.94. The number of nitrogens with one attached hydrogen (secondary N) is 2. The second kappa shape index (κ2) is 5.44. The van der Waals surface area contributed by atoms with Crippen LogP contribution in [0.2, 0.25) is 0 Å². The van der Waals surface area contributed by atoms with Gasteiger partial charge in [0.05, 0.1) is 5.03 Å². The second-order valence-electron chi connectivity index (χ2n) is 2.06. The molecule has 0 rings (SSSR count). The predicted molar refractivity (Wildman–Crippen MR) is 45.3 cm³/mol. The van der Waals surface area contributed by atoms with E-state index in [0.717, 1.165) is 6.08 Å². The van der Waals surface area contributed by atoms with Crippen molar-refractivity contribution in [2.24, 2.45) is 0 Å². The summed E-state index contributed by atoms with van der Waals surface area (Å²) in [5.74, 6) is -0.462. The van der Waals surface area contributed by atoms with Crippen molar-refractivity contribution < 1.29 is 18.4 Å². The average Bonchev–Trinajstić information content (AvgIpc) is 2.02. The molecule has 1 unspecified atom stereocenters. The highest BCUT2D eigenvalue weighted by molar-refractivity contribution is 7.83. The summed E-state index contributed by atoms with van der Waals surface area (Å²) in [5, 5.41) is 3.67. The van der Waals surface area contributed by atoms with E-state index in [1.165, 1.54) is 14.0 Å². The number of rotatable bonds is 3. The lowest BCUT2D eigenvalue weighted by atomic mass is 10.4. The Hall–Kier alpha value is -1.21. The van der Waals surface area contributed by atoms with Crippen LogP contribution < -0.4 is 10.6 Å². The largest absolute Gasteiger partial charge is 0.767 e. The molecule has 0 aliphatic rings. The van der Waals surface area contributed by atoms with Gasteiger partial charge in [0.2, 0.25) is 0 Å². The van der Waals surface area contributed by atoms with Gasteiger partial charge in [0.1, 0.15) is 0 Å². The molecule has 0 aromatic carbocycles. The fourth-order valence-corrected chi connectivity index (χ4v) is 0.923. The molecular formula is C6H9N2O4S-. The summed E-state index contributed by atoms with van der Waals surface area (Å²) in [6.45, 7) is 1.18. The maximum Gasteiger partial charge on any atom is 0.319 e. The van der Waals surface area contributed by atoms with E-state index in [9.17, 15) is 18.4 Å². The van der Waals surface area contributed by atoms with Gasteiger partial charge in [-0.3, -0.25) is 9.00 Å². The van der Waals surface area contributed by atoms with Gasteiger partial charge in [0, 0.05) is 13.1 Å².